The summed E-state index contributed by atoms with van der Waals surface area (Å²) in [5.74, 6) is 1.28. The molecule has 1 amide bonds. The molecule has 0 spiro atoms. The standard InChI is InChI=1S/C28H22N2O3S/c1-32-26-15-14-23(22-11-5-6-12-24(22)26)25-19-34-28(29-25)30(18-20-8-3-2-4-9-20)27(31)16-13-21-10-7-17-33-21/h2-17,19H,18H2,1H3. The van der Waals surface area contributed by atoms with Crippen molar-refractivity contribution < 1.29 is 13.9 Å². The summed E-state index contributed by atoms with van der Waals surface area (Å²) in [5, 5.41) is 4.70. The molecule has 3 aromatic carbocycles. The quantitative estimate of drug-likeness (QED) is 0.247. The number of carbonyl (C=O) groups is 1. The first kappa shape index (κ1) is 21.7. The normalized spacial score (nSPS) is 11.2. The van der Waals surface area contributed by atoms with E-state index in [4.69, 9.17) is 14.1 Å². The molecule has 5 nitrogen and oxygen atoms in total. The summed E-state index contributed by atoms with van der Waals surface area (Å²) in [6, 6.07) is 25.6. The molecule has 0 radical (unpaired) electrons. The second kappa shape index (κ2) is 9.77. The highest BCUT2D eigenvalue weighted by atomic mass is 32.1. The van der Waals surface area contributed by atoms with Gasteiger partial charge < -0.3 is 9.15 Å². The largest absolute Gasteiger partial charge is 0.496 e. The zero-order valence-corrected chi connectivity index (χ0v) is 19.4. The summed E-state index contributed by atoms with van der Waals surface area (Å²) >= 11 is 1.45. The predicted octanol–water partition coefficient (Wildman–Crippen LogP) is 6.81. The minimum absolute atomic E-state index is 0.166. The van der Waals surface area contributed by atoms with Gasteiger partial charge in [-0.25, -0.2) is 4.98 Å². The number of thiazole rings is 1. The number of rotatable bonds is 7. The van der Waals surface area contributed by atoms with Gasteiger partial charge in [0.05, 0.1) is 25.6 Å². The number of nitrogens with zero attached hydrogens (tertiary/aromatic N) is 2. The lowest BCUT2D eigenvalue weighted by atomic mass is 10.0. The molecule has 5 rings (SSSR count). The van der Waals surface area contributed by atoms with Crippen LogP contribution in [0.15, 0.2) is 101 Å². The molecule has 0 saturated carbocycles. The number of methoxy groups -OCH3 is 1. The number of benzene rings is 3. The van der Waals surface area contributed by atoms with Gasteiger partial charge in [0.25, 0.3) is 5.91 Å². The molecule has 0 fully saturated rings. The maximum Gasteiger partial charge on any atom is 0.253 e. The lowest BCUT2D eigenvalue weighted by Gasteiger charge is -2.18. The summed E-state index contributed by atoms with van der Waals surface area (Å²) in [5.41, 5.74) is 2.84. The molecule has 5 aromatic rings. The first-order valence-corrected chi connectivity index (χ1v) is 11.7. The van der Waals surface area contributed by atoms with E-state index in [1.165, 1.54) is 17.4 Å². The van der Waals surface area contributed by atoms with E-state index >= 15 is 0 Å². The fourth-order valence-electron chi connectivity index (χ4n) is 3.82. The fraction of sp³-hybridized carbons (Fsp3) is 0.0714. The Bertz CT molecular complexity index is 1440. The van der Waals surface area contributed by atoms with Crippen LogP contribution < -0.4 is 9.64 Å². The van der Waals surface area contributed by atoms with Crippen molar-refractivity contribution in [3.63, 3.8) is 0 Å². The van der Waals surface area contributed by atoms with Gasteiger partial charge in [0.15, 0.2) is 5.13 Å². The minimum Gasteiger partial charge on any atom is -0.496 e. The van der Waals surface area contributed by atoms with Gasteiger partial charge in [-0.3, -0.25) is 9.69 Å². The molecule has 168 valence electrons. The number of fused-ring (bicyclic) bond motifs is 1. The Morgan fingerprint density at radius 2 is 1.79 bits per heavy atom. The van der Waals surface area contributed by atoms with Gasteiger partial charge >= 0.3 is 0 Å². The molecular formula is C28H22N2O3S. The molecule has 0 aliphatic heterocycles. The zero-order chi connectivity index (χ0) is 23.3. The van der Waals surface area contributed by atoms with E-state index in [-0.39, 0.29) is 5.91 Å². The van der Waals surface area contributed by atoms with Crippen LogP contribution in [0, 0.1) is 0 Å². The van der Waals surface area contributed by atoms with Gasteiger partial charge in [-0.2, -0.15) is 0 Å². The summed E-state index contributed by atoms with van der Waals surface area (Å²) in [4.78, 5) is 19.8. The van der Waals surface area contributed by atoms with Gasteiger partial charge in [-0.1, -0.05) is 54.6 Å². The monoisotopic (exact) mass is 466 g/mol. The molecular weight excluding hydrogens is 444 g/mol. The van der Waals surface area contributed by atoms with Gasteiger partial charge in [0.1, 0.15) is 11.5 Å². The van der Waals surface area contributed by atoms with E-state index in [1.54, 1.807) is 30.4 Å². The molecule has 0 saturated heterocycles. The number of hydrogen-bond acceptors (Lipinski definition) is 5. The van der Waals surface area contributed by atoms with E-state index in [9.17, 15) is 4.79 Å². The van der Waals surface area contributed by atoms with Crippen LogP contribution in [-0.2, 0) is 11.3 Å². The van der Waals surface area contributed by atoms with Crippen LogP contribution >= 0.6 is 11.3 Å². The van der Waals surface area contributed by atoms with Crippen LogP contribution in [0.3, 0.4) is 0 Å². The Hall–Kier alpha value is -4.16. The van der Waals surface area contributed by atoms with Crippen LogP contribution in [0.5, 0.6) is 5.75 Å². The van der Waals surface area contributed by atoms with Crippen LogP contribution in [-0.4, -0.2) is 18.0 Å². The third-order valence-corrected chi connectivity index (χ3v) is 6.35. The topological polar surface area (TPSA) is 55.6 Å². The Balaban J connectivity index is 1.51. The van der Waals surface area contributed by atoms with Gasteiger partial charge in [-0.05, 0) is 41.3 Å². The van der Waals surface area contributed by atoms with E-state index in [0.717, 1.165) is 33.3 Å². The maximum absolute atomic E-state index is 13.2. The lowest BCUT2D eigenvalue weighted by Crippen LogP contribution is -2.28. The van der Waals surface area contributed by atoms with E-state index in [2.05, 4.69) is 6.07 Å². The summed E-state index contributed by atoms with van der Waals surface area (Å²) in [6.07, 6.45) is 4.77. The summed E-state index contributed by atoms with van der Waals surface area (Å²) in [7, 11) is 1.67. The summed E-state index contributed by atoms with van der Waals surface area (Å²) < 4.78 is 10.9. The van der Waals surface area contributed by atoms with Crippen LogP contribution in [0.1, 0.15) is 11.3 Å². The molecule has 6 heteroatoms. The first-order chi connectivity index (χ1) is 16.7. The Morgan fingerprint density at radius 3 is 2.56 bits per heavy atom. The molecule has 2 heterocycles. The number of aromatic nitrogens is 1. The van der Waals surface area contributed by atoms with E-state index in [1.807, 2.05) is 72.1 Å². The third-order valence-electron chi connectivity index (χ3n) is 5.49. The van der Waals surface area contributed by atoms with Crippen molar-refractivity contribution in [2.45, 2.75) is 6.54 Å². The molecule has 0 aliphatic carbocycles. The van der Waals surface area contributed by atoms with Gasteiger partial charge in [0, 0.05) is 22.4 Å². The van der Waals surface area contributed by atoms with Crippen molar-refractivity contribution in [2.75, 3.05) is 12.0 Å². The summed E-state index contributed by atoms with van der Waals surface area (Å²) in [6.45, 7) is 0.415. The van der Waals surface area contributed by atoms with Crippen molar-refractivity contribution in [3.05, 3.63) is 108 Å². The molecule has 0 unspecified atom stereocenters. The average Bonchev–Trinajstić information content (AvgIpc) is 3.58. The number of carbonyl (C=O) groups excluding carboxylic acids is 1. The Morgan fingerprint density at radius 1 is 1.00 bits per heavy atom. The minimum atomic E-state index is -0.166. The Kier molecular flexibility index (Phi) is 6.23. The number of ether oxygens (including phenoxy) is 1. The lowest BCUT2D eigenvalue weighted by molar-refractivity contribution is -0.114. The molecule has 0 atom stereocenters. The number of anilines is 1. The van der Waals surface area contributed by atoms with Gasteiger partial charge in [-0.15, -0.1) is 11.3 Å². The Labute approximate surface area is 201 Å². The highest BCUT2D eigenvalue weighted by molar-refractivity contribution is 7.14. The molecule has 0 N–H and O–H groups in total. The van der Waals surface area contributed by atoms with Crippen molar-refractivity contribution in [1.82, 2.24) is 4.98 Å². The number of furan rings is 1. The molecule has 0 aliphatic rings. The SMILES string of the molecule is COc1ccc(-c2csc(N(Cc3ccccc3)C(=O)C=Cc3ccco3)n2)c2ccccc12. The maximum atomic E-state index is 13.2. The van der Waals surface area contributed by atoms with Crippen molar-refractivity contribution in [1.29, 1.82) is 0 Å². The molecule has 0 bridgehead atoms. The second-order valence-corrected chi connectivity index (χ2v) is 8.47. The number of amides is 1. The molecule has 34 heavy (non-hydrogen) atoms. The van der Waals surface area contributed by atoms with Crippen molar-refractivity contribution >= 4 is 39.2 Å². The van der Waals surface area contributed by atoms with Crippen LogP contribution in [0.2, 0.25) is 0 Å². The smallest absolute Gasteiger partial charge is 0.253 e. The number of hydrogen-bond donors (Lipinski definition) is 0. The second-order valence-electron chi connectivity index (χ2n) is 7.64. The van der Waals surface area contributed by atoms with Crippen molar-refractivity contribution in [2.24, 2.45) is 0 Å². The predicted molar refractivity (Wildman–Crippen MR) is 137 cm³/mol. The highest BCUT2D eigenvalue weighted by Crippen LogP contribution is 2.36. The van der Waals surface area contributed by atoms with Crippen molar-refractivity contribution in [3.8, 4) is 17.0 Å². The highest BCUT2D eigenvalue weighted by Gasteiger charge is 2.19. The first-order valence-electron chi connectivity index (χ1n) is 10.8. The van der Waals surface area contributed by atoms with E-state index in [0.29, 0.717) is 17.4 Å². The fourth-order valence-corrected chi connectivity index (χ4v) is 4.65. The zero-order valence-electron chi connectivity index (χ0n) is 18.5. The van der Waals surface area contributed by atoms with Crippen LogP contribution in [0.4, 0.5) is 5.13 Å². The van der Waals surface area contributed by atoms with E-state index < -0.39 is 0 Å². The van der Waals surface area contributed by atoms with Gasteiger partial charge in [0.2, 0.25) is 0 Å². The molecule has 2 aromatic heterocycles. The third kappa shape index (κ3) is 4.49. The average molecular weight is 467 g/mol. The van der Waals surface area contributed by atoms with Crippen LogP contribution in [0.25, 0.3) is 28.1 Å².